The van der Waals surface area contributed by atoms with Gasteiger partial charge in [0.25, 0.3) is 0 Å². The van der Waals surface area contributed by atoms with Crippen LogP contribution in [0.1, 0.15) is 76.7 Å². The Kier molecular flexibility index (Phi) is 10.7. The molecule has 2 saturated carbocycles. The molecule has 3 aromatic rings. The molecule has 3 aromatic carbocycles. The highest BCUT2D eigenvalue weighted by Crippen LogP contribution is 2.41. The Bertz CT molecular complexity index is 2090. The van der Waals surface area contributed by atoms with Gasteiger partial charge in [0.15, 0.2) is 6.04 Å². The Balaban J connectivity index is 1.03. The summed E-state index contributed by atoms with van der Waals surface area (Å²) in [7, 11) is 0. The molecule has 1 saturated heterocycles. The summed E-state index contributed by atoms with van der Waals surface area (Å²) in [6, 6.07) is 24.6. The summed E-state index contributed by atoms with van der Waals surface area (Å²) in [6.07, 6.45) is 19.8. The number of Topliss-reactive ketones (excluding diaryl/α,β-unsaturated/α-hetero) is 1. The van der Waals surface area contributed by atoms with Crippen LogP contribution >= 0.6 is 0 Å². The van der Waals surface area contributed by atoms with E-state index in [9.17, 15) is 14.7 Å². The second-order valence-electron chi connectivity index (χ2n) is 15.3. The van der Waals surface area contributed by atoms with Crippen LogP contribution in [0.2, 0.25) is 0 Å². The first-order valence-electron chi connectivity index (χ1n) is 19.8. The third kappa shape index (κ3) is 8.01. The summed E-state index contributed by atoms with van der Waals surface area (Å²) in [4.78, 5) is 28.2. The molecule has 5 aliphatic rings. The van der Waals surface area contributed by atoms with Crippen LogP contribution in [-0.4, -0.2) is 58.5 Å². The fourth-order valence-electron chi connectivity index (χ4n) is 8.26. The minimum Gasteiger partial charge on any atom is -0.506 e. The average molecular weight is 738 g/mol. The summed E-state index contributed by atoms with van der Waals surface area (Å²) in [5.74, 6) is 0.741. The van der Waals surface area contributed by atoms with Crippen molar-refractivity contribution in [2.45, 2.75) is 89.3 Å². The first kappa shape index (κ1) is 36.5. The number of anilines is 2. The number of hydrogen-bond donors (Lipinski definition) is 1. The second kappa shape index (κ2) is 16.1. The van der Waals surface area contributed by atoms with E-state index in [1.54, 1.807) is 6.92 Å². The van der Waals surface area contributed by atoms with Crippen LogP contribution in [0.3, 0.4) is 0 Å². The maximum atomic E-state index is 13.7. The third-order valence-corrected chi connectivity index (χ3v) is 11.3. The molecular formula is C47H49N2O6+. The fraction of sp³-hybridized carbons (Fsp3) is 0.340. The molecule has 1 unspecified atom stereocenters. The van der Waals surface area contributed by atoms with Gasteiger partial charge in [0.05, 0.1) is 17.8 Å². The molecule has 4 aliphatic carbocycles. The number of ether oxygens (including phenoxy) is 3. The maximum Gasteiger partial charge on any atom is 0.338 e. The van der Waals surface area contributed by atoms with E-state index in [0.717, 1.165) is 60.8 Å². The number of epoxide rings is 1. The average Bonchev–Trinajstić information content (AvgIpc) is 4.05. The summed E-state index contributed by atoms with van der Waals surface area (Å²) >= 11 is 0. The lowest BCUT2D eigenvalue weighted by Gasteiger charge is -2.36. The minimum absolute atomic E-state index is 0.0332. The molecule has 0 spiro atoms. The molecule has 8 rings (SSSR count). The number of rotatable bonds is 11. The van der Waals surface area contributed by atoms with Crippen molar-refractivity contribution in [3.63, 3.8) is 0 Å². The number of benzene rings is 3. The van der Waals surface area contributed by atoms with Gasteiger partial charge in [-0.15, -0.1) is 0 Å². The van der Waals surface area contributed by atoms with Crippen molar-refractivity contribution in [3.8, 4) is 11.5 Å². The van der Waals surface area contributed by atoms with E-state index in [-0.39, 0.29) is 17.6 Å². The van der Waals surface area contributed by atoms with Crippen molar-refractivity contribution in [1.82, 2.24) is 0 Å². The first-order valence-corrected chi connectivity index (χ1v) is 19.8. The van der Waals surface area contributed by atoms with E-state index in [1.165, 1.54) is 38.5 Å². The van der Waals surface area contributed by atoms with Gasteiger partial charge in [0.2, 0.25) is 17.2 Å². The predicted molar refractivity (Wildman–Crippen MR) is 216 cm³/mol. The number of ketones is 1. The maximum absolute atomic E-state index is 13.7. The lowest BCUT2D eigenvalue weighted by molar-refractivity contribution is -0.488. The highest BCUT2D eigenvalue weighted by Gasteiger charge is 2.37. The quantitative estimate of drug-likeness (QED) is 0.0689. The van der Waals surface area contributed by atoms with Crippen molar-refractivity contribution in [3.05, 3.63) is 132 Å². The van der Waals surface area contributed by atoms with Crippen LogP contribution in [0.4, 0.5) is 17.1 Å². The van der Waals surface area contributed by atoms with E-state index < -0.39 is 5.97 Å². The smallest absolute Gasteiger partial charge is 0.338 e. The molecule has 1 aliphatic heterocycles. The van der Waals surface area contributed by atoms with Gasteiger partial charge < -0.3 is 24.2 Å². The standard InChI is InChI=1S/C47H48N2O6/c1-31(2)47(52)55-41-27-23-39(24-28-41)49(35-11-7-4-8-12-35)37-19-15-33(16-20-37)44-45(50)43(46(44)51)32-13-17-36(18-14-32)48(34-9-5-3-6-10-34)38-21-25-40(26-22-38)53-29-42-30-54-42/h13-28,34-35,42H,1,3-12,29-30H2,2H3/p+1. The van der Waals surface area contributed by atoms with Gasteiger partial charge in [-0.05, 0) is 104 Å². The Labute approximate surface area is 323 Å². The van der Waals surface area contributed by atoms with Gasteiger partial charge in [-0.25, -0.2) is 4.79 Å². The van der Waals surface area contributed by atoms with Gasteiger partial charge in [0.1, 0.15) is 30.0 Å². The number of allylic oxidation sites excluding steroid dienone is 7. The van der Waals surface area contributed by atoms with Crippen LogP contribution in [-0.2, 0) is 14.3 Å². The molecule has 0 amide bonds. The molecular weight excluding hydrogens is 689 g/mol. The lowest BCUT2D eigenvalue weighted by Crippen LogP contribution is -2.33. The molecule has 0 radical (unpaired) electrons. The molecule has 1 heterocycles. The molecule has 3 fully saturated rings. The molecule has 55 heavy (non-hydrogen) atoms. The zero-order valence-corrected chi connectivity index (χ0v) is 31.5. The molecule has 1 atom stereocenters. The van der Waals surface area contributed by atoms with Crippen LogP contribution < -0.4 is 14.4 Å². The number of esters is 1. The first-order chi connectivity index (χ1) is 26.8. The zero-order chi connectivity index (χ0) is 37.9. The zero-order valence-electron chi connectivity index (χ0n) is 31.5. The highest BCUT2D eigenvalue weighted by molar-refractivity contribution is 6.39. The fourth-order valence-corrected chi connectivity index (χ4v) is 8.26. The monoisotopic (exact) mass is 737 g/mol. The Morgan fingerprint density at radius 1 is 0.800 bits per heavy atom. The Hall–Kier alpha value is -5.47. The van der Waals surface area contributed by atoms with Crippen molar-refractivity contribution >= 4 is 40.1 Å². The minimum atomic E-state index is -0.446. The Morgan fingerprint density at radius 3 is 1.96 bits per heavy atom. The number of aliphatic hydroxyl groups excluding tert-OH is 1. The molecule has 8 heteroatoms. The SMILES string of the molecule is C=C(C)C(=O)Oc1ccc([N+](=C2C=CC(=C3C(=O)C(c4ccc(N(c5ccc(OCC6CO6)cc5)C5CCCCC5)cc4)=C3O)C=C2)C2CCCCC2)cc1. The van der Waals surface area contributed by atoms with Crippen LogP contribution in [0.15, 0.2) is 126 Å². The second-order valence-corrected chi connectivity index (χ2v) is 15.3. The van der Waals surface area contributed by atoms with Crippen LogP contribution in [0.5, 0.6) is 11.5 Å². The lowest BCUT2D eigenvalue weighted by atomic mass is 9.80. The van der Waals surface area contributed by atoms with Crippen molar-refractivity contribution < 1.29 is 33.5 Å². The number of aliphatic hydroxyl groups is 1. The number of carbonyl (C=O) groups excluding carboxylic acids is 2. The summed E-state index contributed by atoms with van der Waals surface area (Å²) in [5.41, 5.74) is 6.63. The number of hydrogen-bond acceptors (Lipinski definition) is 7. The molecule has 282 valence electrons. The van der Waals surface area contributed by atoms with E-state index >= 15 is 0 Å². The summed E-state index contributed by atoms with van der Waals surface area (Å²) in [5, 5.41) is 11.3. The largest absolute Gasteiger partial charge is 0.506 e. The van der Waals surface area contributed by atoms with Gasteiger partial charge in [-0.3, -0.25) is 4.79 Å². The molecule has 0 bridgehead atoms. The number of carbonyl (C=O) groups is 2. The normalized spacial score (nSPS) is 20.0. The van der Waals surface area contributed by atoms with Crippen molar-refractivity contribution in [2.24, 2.45) is 0 Å². The van der Waals surface area contributed by atoms with E-state index in [2.05, 4.69) is 40.3 Å². The van der Waals surface area contributed by atoms with E-state index in [4.69, 9.17) is 14.2 Å². The van der Waals surface area contributed by atoms with Crippen molar-refractivity contribution in [2.75, 3.05) is 18.1 Å². The van der Waals surface area contributed by atoms with Gasteiger partial charge in [-0.1, -0.05) is 44.4 Å². The molecule has 0 aromatic heterocycles. The van der Waals surface area contributed by atoms with Crippen LogP contribution in [0, 0.1) is 0 Å². The topological polar surface area (TPSA) is 91.6 Å². The predicted octanol–water partition coefficient (Wildman–Crippen LogP) is 9.81. The van der Waals surface area contributed by atoms with E-state index in [0.29, 0.717) is 52.3 Å². The van der Waals surface area contributed by atoms with Gasteiger partial charge in [-0.2, -0.15) is 4.58 Å². The molecule has 8 nitrogen and oxygen atoms in total. The summed E-state index contributed by atoms with van der Waals surface area (Å²) < 4.78 is 18.9. The van der Waals surface area contributed by atoms with Crippen LogP contribution in [0.25, 0.3) is 5.57 Å². The number of nitrogens with zero attached hydrogens (tertiary/aromatic N) is 2. The molecule has 1 N–H and O–H groups in total. The van der Waals surface area contributed by atoms with Gasteiger partial charge in [0, 0.05) is 60.1 Å². The Morgan fingerprint density at radius 2 is 1.38 bits per heavy atom. The van der Waals surface area contributed by atoms with Gasteiger partial charge >= 0.3 is 5.97 Å². The highest BCUT2D eigenvalue weighted by atomic mass is 16.6. The van der Waals surface area contributed by atoms with E-state index in [1.807, 2.05) is 72.8 Å². The van der Waals surface area contributed by atoms with Crippen molar-refractivity contribution in [1.29, 1.82) is 0 Å². The third-order valence-electron chi connectivity index (χ3n) is 11.3. The summed E-state index contributed by atoms with van der Waals surface area (Å²) in [6.45, 7) is 6.64.